The molecule has 0 aliphatic carbocycles. The van der Waals surface area contributed by atoms with Crippen LogP contribution in [0.25, 0.3) is 0 Å². The lowest BCUT2D eigenvalue weighted by Crippen LogP contribution is -2.22. The number of hydrogen-bond acceptors (Lipinski definition) is 4. The Morgan fingerprint density at radius 1 is 1.14 bits per heavy atom. The van der Waals surface area contributed by atoms with Gasteiger partial charge in [0.05, 0.1) is 20.3 Å². The van der Waals surface area contributed by atoms with Gasteiger partial charge >= 0.3 is 0 Å². The van der Waals surface area contributed by atoms with Gasteiger partial charge < -0.3 is 14.8 Å². The fourth-order valence-corrected chi connectivity index (χ4v) is 3.59. The molecule has 0 radical (unpaired) electrons. The first-order valence-electron chi connectivity index (χ1n) is 7.26. The molecular formula is C17H23NO2S. The number of ether oxygens (including phenoxy) is 2. The van der Waals surface area contributed by atoms with Crippen LogP contribution < -0.4 is 14.8 Å². The van der Waals surface area contributed by atoms with Gasteiger partial charge in [-0.1, -0.05) is 13.8 Å². The van der Waals surface area contributed by atoms with Crippen molar-refractivity contribution >= 4 is 11.3 Å². The molecule has 0 aliphatic heterocycles. The van der Waals surface area contributed by atoms with Crippen LogP contribution in [0.5, 0.6) is 11.5 Å². The molecule has 1 heterocycles. The number of methoxy groups -OCH3 is 2. The van der Waals surface area contributed by atoms with Gasteiger partial charge in [0.1, 0.15) is 11.5 Å². The summed E-state index contributed by atoms with van der Waals surface area (Å²) in [6, 6.07) is 8.30. The number of thiophene rings is 1. The van der Waals surface area contributed by atoms with E-state index in [1.165, 1.54) is 10.4 Å². The second-order valence-corrected chi connectivity index (χ2v) is 5.71. The SMILES string of the molecule is CCNC(c1cc(OC)ccc1OC)c1sccc1CC. The maximum absolute atomic E-state index is 5.55. The van der Waals surface area contributed by atoms with E-state index < -0.39 is 0 Å². The highest BCUT2D eigenvalue weighted by Gasteiger charge is 2.21. The largest absolute Gasteiger partial charge is 0.497 e. The number of benzene rings is 1. The van der Waals surface area contributed by atoms with E-state index >= 15 is 0 Å². The van der Waals surface area contributed by atoms with E-state index in [1.54, 1.807) is 25.6 Å². The van der Waals surface area contributed by atoms with E-state index in [0.29, 0.717) is 0 Å². The lowest BCUT2D eigenvalue weighted by Gasteiger charge is -2.22. The number of hydrogen-bond donors (Lipinski definition) is 1. The Balaban J connectivity index is 2.51. The van der Waals surface area contributed by atoms with Gasteiger partial charge in [-0.25, -0.2) is 0 Å². The molecule has 2 aromatic rings. The zero-order chi connectivity index (χ0) is 15.2. The summed E-state index contributed by atoms with van der Waals surface area (Å²) in [5, 5.41) is 5.73. The Kier molecular flexibility index (Phi) is 5.65. The molecule has 4 heteroatoms. The fraction of sp³-hybridized carbons (Fsp3) is 0.412. The molecule has 0 saturated carbocycles. The van der Waals surface area contributed by atoms with Gasteiger partial charge in [0.2, 0.25) is 0 Å². The maximum atomic E-state index is 5.55. The minimum absolute atomic E-state index is 0.134. The average Bonchev–Trinajstić information content (AvgIpc) is 3.00. The van der Waals surface area contributed by atoms with Crippen LogP contribution in [-0.4, -0.2) is 20.8 Å². The molecule has 21 heavy (non-hydrogen) atoms. The number of rotatable bonds is 7. The minimum atomic E-state index is 0.134. The molecule has 3 nitrogen and oxygen atoms in total. The zero-order valence-electron chi connectivity index (χ0n) is 13.1. The summed E-state index contributed by atoms with van der Waals surface area (Å²) in [6.45, 7) is 5.21. The summed E-state index contributed by atoms with van der Waals surface area (Å²) in [5.41, 5.74) is 2.51. The highest BCUT2D eigenvalue weighted by Crippen LogP contribution is 2.36. The van der Waals surface area contributed by atoms with Crippen molar-refractivity contribution in [2.45, 2.75) is 26.3 Å². The first kappa shape index (κ1) is 15.9. The highest BCUT2D eigenvalue weighted by atomic mass is 32.1. The van der Waals surface area contributed by atoms with Gasteiger partial charge in [0, 0.05) is 10.4 Å². The van der Waals surface area contributed by atoms with Gasteiger partial charge in [0.15, 0.2) is 0 Å². The van der Waals surface area contributed by atoms with E-state index in [0.717, 1.165) is 30.0 Å². The summed E-state index contributed by atoms with van der Waals surface area (Å²) in [4.78, 5) is 1.35. The van der Waals surface area contributed by atoms with E-state index in [2.05, 4.69) is 36.7 Å². The van der Waals surface area contributed by atoms with Crippen LogP contribution in [0.15, 0.2) is 29.6 Å². The Bertz CT molecular complexity index is 580. The second kappa shape index (κ2) is 7.48. The van der Waals surface area contributed by atoms with Crippen LogP contribution in [0.4, 0.5) is 0 Å². The Morgan fingerprint density at radius 3 is 2.57 bits per heavy atom. The van der Waals surface area contributed by atoms with E-state index in [-0.39, 0.29) is 6.04 Å². The summed E-state index contributed by atoms with van der Waals surface area (Å²) in [5.74, 6) is 1.74. The molecule has 1 aromatic carbocycles. The van der Waals surface area contributed by atoms with Crippen molar-refractivity contribution in [2.75, 3.05) is 20.8 Å². The molecular weight excluding hydrogens is 282 g/mol. The number of nitrogens with one attached hydrogen (secondary N) is 1. The first-order valence-corrected chi connectivity index (χ1v) is 8.14. The molecule has 1 unspecified atom stereocenters. The van der Waals surface area contributed by atoms with Crippen LogP contribution in [0.3, 0.4) is 0 Å². The van der Waals surface area contributed by atoms with Crippen molar-refractivity contribution in [3.8, 4) is 11.5 Å². The molecule has 0 spiro atoms. The molecule has 0 amide bonds. The monoisotopic (exact) mass is 305 g/mol. The van der Waals surface area contributed by atoms with Crippen LogP contribution >= 0.6 is 11.3 Å². The third kappa shape index (κ3) is 3.39. The minimum Gasteiger partial charge on any atom is -0.497 e. The first-order chi connectivity index (χ1) is 10.2. The molecule has 1 N–H and O–H groups in total. The van der Waals surface area contributed by atoms with Gasteiger partial charge in [-0.05, 0) is 48.2 Å². The standard InChI is InChI=1S/C17H23NO2S/c1-5-12-9-10-21-17(12)16(18-6-2)14-11-13(19-3)7-8-15(14)20-4/h7-11,16,18H,5-6H2,1-4H3. The molecule has 2 rings (SSSR count). The lowest BCUT2D eigenvalue weighted by atomic mass is 10.00. The van der Waals surface area contributed by atoms with E-state index in [1.807, 2.05) is 12.1 Å². The second-order valence-electron chi connectivity index (χ2n) is 4.76. The number of aryl methyl sites for hydroxylation is 1. The Morgan fingerprint density at radius 2 is 1.95 bits per heavy atom. The predicted molar refractivity (Wildman–Crippen MR) is 88.8 cm³/mol. The quantitative estimate of drug-likeness (QED) is 0.838. The Labute approximate surface area is 130 Å². The van der Waals surface area contributed by atoms with Crippen LogP contribution in [0.1, 0.15) is 35.9 Å². The van der Waals surface area contributed by atoms with Crippen molar-refractivity contribution in [1.29, 1.82) is 0 Å². The Hall–Kier alpha value is -1.52. The van der Waals surface area contributed by atoms with Crippen LogP contribution in [-0.2, 0) is 6.42 Å². The average molecular weight is 305 g/mol. The van der Waals surface area contributed by atoms with E-state index in [9.17, 15) is 0 Å². The summed E-state index contributed by atoms with van der Waals surface area (Å²) >= 11 is 1.79. The van der Waals surface area contributed by atoms with Gasteiger partial charge in [-0.3, -0.25) is 0 Å². The molecule has 0 bridgehead atoms. The molecule has 1 atom stereocenters. The van der Waals surface area contributed by atoms with Crippen LogP contribution in [0, 0.1) is 0 Å². The van der Waals surface area contributed by atoms with Crippen molar-refractivity contribution in [2.24, 2.45) is 0 Å². The van der Waals surface area contributed by atoms with Crippen molar-refractivity contribution in [3.63, 3.8) is 0 Å². The van der Waals surface area contributed by atoms with Crippen molar-refractivity contribution < 1.29 is 9.47 Å². The maximum Gasteiger partial charge on any atom is 0.124 e. The summed E-state index contributed by atoms with van der Waals surface area (Å²) < 4.78 is 10.9. The highest BCUT2D eigenvalue weighted by molar-refractivity contribution is 7.10. The summed E-state index contributed by atoms with van der Waals surface area (Å²) in [7, 11) is 3.40. The van der Waals surface area contributed by atoms with Crippen molar-refractivity contribution in [3.05, 3.63) is 45.6 Å². The molecule has 0 saturated heterocycles. The van der Waals surface area contributed by atoms with Gasteiger partial charge in [0.25, 0.3) is 0 Å². The third-order valence-corrected chi connectivity index (χ3v) is 4.60. The molecule has 1 aromatic heterocycles. The third-order valence-electron chi connectivity index (χ3n) is 3.58. The lowest BCUT2D eigenvalue weighted by molar-refractivity contribution is 0.394. The normalized spacial score (nSPS) is 12.2. The van der Waals surface area contributed by atoms with Crippen LogP contribution in [0.2, 0.25) is 0 Å². The van der Waals surface area contributed by atoms with E-state index in [4.69, 9.17) is 9.47 Å². The molecule has 114 valence electrons. The smallest absolute Gasteiger partial charge is 0.124 e. The summed E-state index contributed by atoms with van der Waals surface area (Å²) in [6.07, 6.45) is 1.03. The van der Waals surface area contributed by atoms with Gasteiger partial charge in [-0.15, -0.1) is 11.3 Å². The van der Waals surface area contributed by atoms with Gasteiger partial charge in [-0.2, -0.15) is 0 Å². The topological polar surface area (TPSA) is 30.5 Å². The predicted octanol–water partition coefficient (Wildman–Crippen LogP) is 4.03. The molecule has 0 aliphatic rings. The fourth-order valence-electron chi connectivity index (χ4n) is 2.51. The molecule has 0 fully saturated rings. The van der Waals surface area contributed by atoms with Crippen molar-refractivity contribution in [1.82, 2.24) is 5.32 Å². The zero-order valence-corrected chi connectivity index (χ0v) is 13.9.